The molecule has 0 aliphatic heterocycles. The van der Waals surface area contributed by atoms with Crippen LogP contribution in [0.4, 0.5) is 0 Å². The lowest BCUT2D eigenvalue weighted by atomic mass is 10.2. The maximum Gasteiger partial charge on any atom is 0.0468 e. The van der Waals surface area contributed by atoms with E-state index in [0.717, 1.165) is 12.8 Å². The lowest BCUT2D eigenvalue weighted by molar-refractivity contribution is 0.720. The Hall–Kier alpha value is -0.590. The van der Waals surface area contributed by atoms with E-state index in [1.165, 1.54) is 5.57 Å². The molecular formula is C10H19N. The van der Waals surface area contributed by atoms with Gasteiger partial charge >= 0.3 is 0 Å². The highest BCUT2D eigenvalue weighted by Crippen LogP contribution is 1.97. The topological polar surface area (TPSA) is 12.4 Å². The number of allylic oxidation sites excluding steroid dienone is 2. The molecule has 0 saturated heterocycles. The molecule has 0 amide bonds. The molecule has 0 radical (unpaired) electrons. The molecule has 0 aromatic heterocycles. The van der Waals surface area contributed by atoms with Crippen molar-refractivity contribution >= 4 is 6.21 Å². The van der Waals surface area contributed by atoms with Crippen LogP contribution in [0.2, 0.25) is 0 Å². The fourth-order valence-corrected chi connectivity index (χ4v) is 0.540. The number of nitrogens with zero attached hydrogens (tertiary/aromatic N) is 1. The summed E-state index contributed by atoms with van der Waals surface area (Å²) in [7, 11) is 0. The Morgan fingerprint density at radius 3 is 2.55 bits per heavy atom. The molecule has 0 N–H and O–H groups in total. The van der Waals surface area contributed by atoms with Crippen molar-refractivity contribution in [3.8, 4) is 0 Å². The molecule has 1 nitrogen and oxygen atoms in total. The van der Waals surface area contributed by atoms with Crippen molar-refractivity contribution in [1.29, 1.82) is 0 Å². The molecule has 0 bridgehead atoms. The molecule has 0 heterocycles. The van der Waals surface area contributed by atoms with Crippen molar-refractivity contribution in [2.45, 2.75) is 46.6 Å². The molecule has 0 aliphatic rings. The van der Waals surface area contributed by atoms with Crippen LogP contribution in [-0.4, -0.2) is 12.3 Å². The SMILES string of the molecule is CCC(C)=CC=NC(C)CC. The lowest BCUT2D eigenvalue weighted by Crippen LogP contribution is -1.93. The smallest absolute Gasteiger partial charge is 0.0468 e. The number of rotatable bonds is 4. The summed E-state index contributed by atoms with van der Waals surface area (Å²) in [5.41, 5.74) is 1.39. The predicted molar refractivity (Wildman–Crippen MR) is 52.3 cm³/mol. The van der Waals surface area contributed by atoms with Crippen LogP contribution in [0.3, 0.4) is 0 Å². The average molecular weight is 153 g/mol. The Kier molecular flexibility index (Phi) is 5.81. The largest absolute Gasteiger partial charge is 0.290 e. The Labute approximate surface area is 70.2 Å². The van der Waals surface area contributed by atoms with Crippen LogP contribution in [-0.2, 0) is 0 Å². The van der Waals surface area contributed by atoms with Gasteiger partial charge < -0.3 is 0 Å². The summed E-state index contributed by atoms with van der Waals surface area (Å²) < 4.78 is 0. The van der Waals surface area contributed by atoms with Gasteiger partial charge in [-0.3, -0.25) is 4.99 Å². The second-order valence-corrected chi connectivity index (χ2v) is 2.92. The fraction of sp³-hybridized carbons (Fsp3) is 0.700. The molecule has 0 aromatic rings. The Morgan fingerprint density at radius 2 is 2.09 bits per heavy atom. The van der Waals surface area contributed by atoms with E-state index in [4.69, 9.17) is 0 Å². The van der Waals surface area contributed by atoms with Crippen LogP contribution >= 0.6 is 0 Å². The molecule has 0 rings (SSSR count). The molecule has 0 spiro atoms. The van der Waals surface area contributed by atoms with Crippen LogP contribution in [0.1, 0.15) is 40.5 Å². The zero-order chi connectivity index (χ0) is 8.69. The van der Waals surface area contributed by atoms with E-state index in [0.29, 0.717) is 6.04 Å². The third-order valence-electron chi connectivity index (χ3n) is 1.85. The Morgan fingerprint density at radius 1 is 1.45 bits per heavy atom. The minimum absolute atomic E-state index is 0.468. The van der Waals surface area contributed by atoms with Crippen LogP contribution in [0.15, 0.2) is 16.6 Å². The van der Waals surface area contributed by atoms with Crippen LogP contribution in [0, 0.1) is 0 Å². The van der Waals surface area contributed by atoms with E-state index in [1.807, 2.05) is 6.21 Å². The molecule has 0 aliphatic carbocycles. The molecule has 0 fully saturated rings. The van der Waals surface area contributed by atoms with Crippen molar-refractivity contribution in [1.82, 2.24) is 0 Å². The first kappa shape index (κ1) is 10.4. The summed E-state index contributed by atoms with van der Waals surface area (Å²) in [6.07, 6.45) is 6.25. The van der Waals surface area contributed by atoms with Gasteiger partial charge in [-0.15, -0.1) is 0 Å². The van der Waals surface area contributed by atoms with E-state index in [2.05, 4.69) is 38.8 Å². The van der Waals surface area contributed by atoms with Gasteiger partial charge in [-0.25, -0.2) is 0 Å². The van der Waals surface area contributed by atoms with Gasteiger partial charge in [0, 0.05) is 12.3 Å². The monoisotopic (exact) mass is 153 g/mol. The van der Waals surface area contributed by atoms with Crippen LogP contribution < -0.4 is 0 Å². The van der Waals surface area contributed by atoms with Gasteiger partial charge in [-0.05, 0) is 32.8 Å². The van der Waals surface area contributed by atoms with Gasteiger partial charge in [0.05, 0.1) is 0 Å². The van der Waals surface area contributed by atoms with Gasteiger partial charge in [0.2, 0.25) is 0 Å². The minimum Gasteiger partial charge on any atom is -0.290 e. The molecule has 1 unspecified atom stereocenters. The van der Waals surface area contributed by atoms with E-state index >= 15 is 0 Å². The third-order valence-corrected chi connectivity index (χ3v) is 1.85. The van der Waals surface area contributed by atoms with Crippen LogP contribution in [0.5, 0.6) is 0 Å². The first-order valence-electron chi connectivity index (χ1n) is 4.39. The normalized spacial score (nSPS) is 15.8. The Balaban J connectivity index is 3.75. The second kappa shape index (κ2) is 6.14. The molecule has 0 saturated carbocycles. The summed E-state index contributed by atoms with van der Waals surface area (Å²) >= 11 is 0. The van der Waals surface area contributed by atoms with Crippen molar-refractivity contribution in [2.24, 2.45) is 4.99 Å². The van der Waals surface area contributed by atoms with Crippen LogP contribution in [0.25, 0.3) is 0 Å². The van der Waals surface area contributed by atoms with Gasteiger partial charge in [-0.1, -0.05) is 19.4 Å². The summed E-state index contributed by atoms with van der Waals surface area (Å²) in [6.45, 7) is 8.57. The molecule has 64 valence electrons. The molecule has 1 heteroatoms. The molecule has 11 heavy (non-hydrogen) atoms. The van der Waals surface area contributed by atoms with Crippen molar-refractivity contribution < 1.29 is 0 Å². The lowest BCUT2D eigenvalue weighted by Gasteiger charge is -1.97. The number of hydrogen-bond donors (Lipinski definition) is 0. The molecule has 0 aromatic carbocycles. The first-order chi connectivity index (χ1) is 5.20. The fourth-order valence-electron chi connectivity index (χ4n) is 0.540. The predicted octanol–water partition coefficient (Wildman–Crippen LogP) is 3.21. The third kappa shape index (κ3) is 5.84. The highest BCUT2D eigenvalue weighted by molar-refractivity contribution is 5.72. The highest BCUT2D eigenvalue weighted by Gasteiger charge is 1.88. The minimum atomic E-state index is 0.468. The second-order valence-electron chi connectivity index (χ2n) is 2.92. The zero-order valence-electron chi connectivity index (χ0n) is 8.09. The van der Waals surface area contributed by atoms with Gasteiger partial charge in [0.1, 0.15) is 0 Å². The van der Waals surface area contributed by atoms with Gasteiger partial charge in [0.15, 0.2) is 0 Å². The molecular weight excluding hydrogens is 134 g/mol. The van der Waals surface area contributed by atoms with E-state index in [-0.39, 0.29) is 0 Å². The average Bonchev–Trinajstić information content (AvgIpc) is 2.04. The van der Waals surface area contributed by atoms with Crippen molar-refractivity contribution in [3.63, 3.8) is 0 Å². The van der Waals surface area contributed by atoms with E-state index in [1.54, 1.807) is 0 Å². The maximum atomic E-state index is 4.33. The number of aliphatic imine (C=N–C) groups is 1. The van der Waals surface area contributed by atoms with Gasteiger partial charge in [-0.2, -0.15) is 0 Å². The van der Waals surface area contributed by atoms with E-state index < -0.39 is 0 Å². The highest BCUT2D eigenvalue weighted by atomic mass is 14.7. The molecule has 1 atom stereocenters. The standard InChI is InChI=1S/C10H19N/c1-5-9(3)7-8-11-10(4)6-2/h7-8,10H,5-6H2,1-4H3. The summed E-state index contributed by atoms with van der Waals surface area (Å²) in [6, 6.07) is 0.468. The zero-order valence-corrected chi connectivity index (χ0v) is 8.09. The number of hydrogen-bond acceptors (Lipinski definition) is 1. The van der Waals surface area contributed by atoms with E-state index in [9.17, 15) is 0 Å². The summed E-state index contributed by atoms with van der Waals surface area (Å²) in [4.78, 5) is 4.33. The quantitative estimate of drug-likeness (QED) is 0.550. The van der Waals surface area contributed by atoms with Crippen molar-refractivity contribution in [2.75, 3.05) is 0 Å². The first-order valence-corrected chi connectivity index (χ1v) is 4.39. The summed E-state index contributed by atoms with van der Waals surface area (Å²) in [5, 5.41) is 0. The van der Waals surface area contributed by atoms with Gasteiger partial charge in [0.25, 0.3) is 0 Å². The van der Waals surface area contributed by atoms with Crippen molar-refractivity contribution in [3.05, 3.63) is 11.6 Å². The Bertz CT molecular complexity index is 145. The summed E-state index contributed by atoms with van der Waals surface area (Å²) in [5.74, 6) is 0. The maximum absolute atomic E-state index is 4.33.